The van der Waals surface area contributed by atoms with Crippen LogP contribution in [0.5, 0.6) is 0 Å². The minimum absolute atomic E-state index is 0. The van der Waals surface area contributed by atoms with Crippen LogP contribution in [0.1, 0.15) is 44.6 Å². The van der Waals surface area contributed by atoms with Crippen molar-refractivity contribution >= 4 is 35.6 Å². The summed E-state index contributed by atoms with van der Waals surface area (Å²) in [4.78, 5) is 29.2. The van der Waals surface area contributed by atoms with E-state index in [0.717, 1.165) is 51.7 Å². The van der Waals surface area contributed by atoms with E-state index in [-0.39, 0.29) is 30.3 Å². The minimum Gasteiger partial charge on any atom is -0.333 e. The Morgan fingerprint density at radius 1 is 1.38 bits per heavy atom. The fourth-order valence-electron chi connectivity index (χ4n) is 4.74. The first-order valence-corrected chi connectivity index (χ1v) is 10.3. The van der Waals surface area contributed by atoms with Gasteiger partial charge in [0.05, 0.1) is 0 Å². The molecule has 2 amide bonds. The number of amides is 2. The zero-order valence-corrected chi connectivity index (χ0v) is 16.9. The van der Waals surface area contributed by atoms with Crippen molar-refractivity contribution in [2.45, 2.75) is 57.7 Å². The molecule has 2 aliphatic heterocycles. The predicted molar refractivity (Wildman–Crippen MR) is 105 cm³/mol. The highest BCUT2D eigenvalue weighted by molar-refractivity contribution is 7.07. The van der Waals surface area contributed by atoms with E-state index in [1.54, 1.807) is 23.2 Å². The Kier molecular flexibility index (Phi) is 5.94. The predicted octanol–water partition coefficient (Wildman–Crippen LogP) is 2.65. The number of carbonyl (C=O) groups is 2. The average molecular weight is 398 g/mol. The Morgan fingerprint density at radius 2 is 2.15 bits per heavy atom. The van der Waals surface area contributed by atoms with Gasteiger partial charge in [-0.3, -0.25) is 9.59 Å². The Bertz CT molecular complexity index is 645. The Balaban J connectivity index is 0.00000196. The van der Waals surface area contributed by atoms with Crippen LogP contribution in [0, 0.1) is 5.41 Å². The fraction of sp³-hybridized carbons (Fsp3) is 0.684. The summed E-state index contributed by atoms with van der Waals surface area (Å²) < 4.78 is 0. The van der Waals surface area contributed by atoms with Gasteiger partial charge in [0, 0.05) is 26.1 Å². The molecule has 2 saturated heterocycles. The van der Waals surface area contributed by atoms with Crippen molar-refractivity contribution in [3.8, 4) is 0 Å². The monoisotopic (exact) mass is 397 g/mol. The van der Waals surface area contributed by atoms with Gasteiger partial charge in [0.25, 0.3) is 0 Å². The van der Waals surface area contributed by atoms with Crippen LogP contribution in [0.2, 0.25) is 0 Å². The van der Waals surface area contributed by atoms with Crippen LogP contribution >= 0.6 is 23.7 Å². The number of rotatable bonds is 4. The molecule has 3 aliphatic rings. The maximum atomic E-state index is 13.4. The number of nitrogens with zero attached hydrogens (tertiary/aromatic N) is 2. The van der Waals surface area contributed by atoms with Crippen molar-refractivity contribution in [2.75, 3.05) is 19.6 Å². The highest BCUT2D eigenvalue weighted by atomic mass is 35.5. The standard InChI is InChI=1S/C19H27N3O2S.ClH/c1-14(23)21-9-2-3-16(21)18(24)22(12-15-4-10-25-13-15)17-11-19(17)5-7-20-8-6-19;/h4,10,13,16-17,20H,2-3,5-9,11-12H2,1H3;1H. The highest BCUT2D eigenvalue weighted by Gasteiger charge is 2.58. The highest BCUT2D eigenvalue weighted by Crippen LogP contribution is 2.56. The number of hydrogen-bond donors (Lipinski definition) is 1. The van der Waals surface area contributed by atoms with E-state index in [0.29, 0.717) is 18.0 Å². The van der Waals surface area contributed by atoms with E-state index >= 15 is 0 Å². The van der Waals surface area contributed by atoms with Gasteiger partial charge in [-0.05, 0) is 73.0 Å². The van der Waals surface area contributed by atoms with Gasteiger partial charge in [-0.1, -0.05) is 0 Å². The maximum Gasteiger partial charge on any atom is 0.245 e. The summed E-state index contributed by atoms with van der Waals surface area (Å²) in [5.74, 6) is 0.193. The second-order valence-corrected chi connectivity index (χ2v) is 8.58. The van der Waals surface area contributed by atoms with E-state index in [9.17, 15) is 9.59 Å². The molecule has 2 atom stereocenters. The van der Waals surface area contributed by atoms with Crippen molar-refractivity contribution < 1.29 is 9.59 Å². The summed E-state index contributed by atoms with van der Waals surface area (Å²) in [7, 11) is 0. The van der Waals surface area contributed by atoms with Gasteiger partial charge in [-0.2, -0.15) is 11.3 Å². The lowest BCUT2D eigenvalue weighted by molar-refractivity contribution is -0.144. The summed E-state index contributed by atoms with van der Waals surface area (Å²) in [6, 6.07) is 2.20. The molecule has 1 spiro atoms. The summed E-state index contributed by atoms with van der Waals surface area (Å²) in [5, 5.41) is 7.64. The number of carbonyl (C=O) groups excluding carboxylic acids is 2. The average Bonchev–Trinajstić information content (AvgIpc) is 3.06. The quantitative estimate of drug-likeness (QED) is 0.849. The molecule has 0 aromatic carbocycles. The smallest absolute Gasteiger partial charge is 0.245 e. The van der Waals surface area contributed by atoms with Gasteiger partial charge in [0.15, 0.2) is 0 Å². The molecule has 7 heteroatoms. The van der Waals surface area contributed by atoms with Crippen molar-refractivity contribution in [2.24, 2.45) is 5.41 Å². The topological polar surface area (TPSA) is 52.7 Å². The molecule has 1 saturated carbocycles. The number of thiophene rings is 1. The molecule has 5 nitrogen and oxygen atoms in total. The van der Waals surface area contributed by atoms with Crippen molar-refractivity contribution in [3.63, 3.8) is 0 Å². The largest absolute Gasteiger partial charge is 0.333 e. The third kappa shape index (κ3) is 3.64. The summed E-state index contributed by atoms with van der Waals surface area (Å²) >= 11 is 1.68. The first kappa shape index (κ1) is 19.6. The molecule has 0 bridgehead atoms. The van der Waals surface area contributed by atoms with Gasteiger partial charge in [-0.25, -0.2) is 0 Å². The van der Waals surface area contributed by atoms with Crippen LogP contribution in [0.25, 0.3) is 0 Å². The molecule has 26 heavy (non-hydrogen) atoms. The SMILES string of the molecule is CC(=O)N1CCCC1C(=O)N(Cc1ccsc1)C1CC12CCNCC2.Cl. The maximum absolute atomic E-state index is 13.4. The summed E-state index contributed by atoms with van der Waals surface area (Å²) in [5.41, 5.74) is 1.53. The number of nitrogens with one attached hydrogen (secondary N) is 1. The zero-order valence-electron chi connectivity index (χ0n) is 15.3. The van der Waals surface area contributed by atoms with Gasteiger partial charge in [0.2, 0.25) is 11.8 Å². The second-order valence-electron chi connectivity index (χ2n) is 7.80. The van der Waals surface area contributed by atoms with Gasteiger partial charge in [0.1, 0.15) is 6.04 Å². The molecule has 1 aromatic heterocycles. The Labute approximate surface area is 165 Å². The summed E-state index contributed by atoms with van der Waals surface area (Å²) in [6.07, 6.45) is 5.18. The van der Waals surface area contributed by atoms with Crippen LogP contribution in [-0.2, 0) is 16.1 Å². The molecule has 144 valence electrons. The molecule has 1 N–H and O–H groups in total. The lowest BCUT2D eigenvalue weighted by atomic mass is 9.93. The minimum atomic E-state index is -0.254. The van der Waals surface area contributed by atoms with Gasteiger partial charge < -0.3 is 15.1 Å². The third-order valence-electron chi connectivity index (χ3n) is 6.28. The molecule has 1 aliphatic carbocycles. The molecule has 2 unspecified atom stereocenters. The van der Waals surface area contributed by atoms with Crippen LogP contribution in [-0.4, -0.2) is 53.3 Å². The van der Waals surface area contributed by atoms with Crippen molar-refractivity contribution in [3.05, 3.63) is 22.4 Å². The molecule has 1 aromatic rings. The van der Waals surface area contributed by atoms with Crippen LogP contribution in [0.3, 0.4) is 0 Å². The molecular formula is C19H28ClN3O2S. The molecular weight excluding hydrogens is 370 g/mol. The van der Waals surface area contributed by atoms with Gasteiger partial charge in [-0.15, -0.1) is 12.4 Å². The Hall–Kier alpha value is -1.11. The zero-order chi connectivity index (χ0) is 17.4. The van der Waals surface area contributed by atoms with Crippen LogP contribution in [0.4, 0.5) is 0 Å². The Morgan fingerprint density at radius 3 is 2.81 bits per heavy atom. The molecule has 3 fully saturated rings. The van der Waals surface area contributed by atoms with E-state index < -0.39 is 0 Å². The number of hydrogen-bond acceptors (Lipinski definition) is 4. The normalized spacial score (nSPS) is 26.4. The molecule has 0 radical (unpaired) electrons. The van der Waals surface area contributed by atoms with Gasteiger partial charge >= 0.3 is 0 Å². The van der Waals surface area contributed by atoms with Crippen molar-refractivity contribution in [1.82, 2.24) is 15.1 Å². The van der Waals surface area contributed by atoms with E-state index in [2.05, 4.69) is 27.0 Å². The van der Waals surface area contributed by atoms with E-state index in [1.165, 1.54) is 5.56 Å². The number of likely N-dealkylation sites (tertiary alicyclic amines) is 1. The van der Waals surface area contributed by atoms with Crippen molar-refractivity contribution in [1.29, 1.82) is 0 Å². The second kappa shape index (κ2) is 7.87. The number of halogens is 1. The lowest BCUT2D eigenvalue weighted by Gasteiger charge is -2.33. The third-order valence-corrected chi connectivity index (χ3v) is 7.01. The van der Waals surface area contributed by atoms with Crippen LogP contribution < -0.4 is 5.32 Å². The van der Waals surface area contributed by atoms with Crippen LogP contribution in [0.15, 0.2) is 16.8 Å². The summed E-state index contributed by atoms with van der Waals surface area (Å²) in [6.45, 7) is 5.10. The molecule has 3 heterocycles. The fourth-order valence-corrected chi connectivity index (χ4v) is 5.40. The number of piperidine rings is 1. The first-order valence-electron chi connectivity index (χ1n) is 9.40. The van der Waals surface area contributed by atoms with E-state index in [4.69, 9.17) is 0 Å². The molecule has 4 rings (SSSR count). The lowest BCUT2D eigenvalue weighted by Crippen LogP contribution is -2.49. The first-order chi connectivity index (χ1) is 12.1. The van der Waals surface area contributed by atoms with E-state index in [1.807, 2.05) is 0 Å².